The number of aromatic amines is 1. The SMILES string of the molecule is O=C(O)c1c(F)cc(-c2c[nH]c3cc(F)ccc23)cc1F. The Hall–Kier alpha value is -2.76. The highest BCUT2D eigenvalue weighted by Crippen LogP contribution is 2.31. The van der Waals surface area contributed by atoms with Crippen LogP contribution >= 0.6 is 0 Å². The topological polar surface area (TPSA) is 53.1 Å². The molecule has 0 unspecified atom stereocenters. The summed E-state index contributed by atoms with van der Waals surface area (Å²) in [5.41, 5.74) is 0.116. The Bertz CT molecular complexity index is 847. The van der Waals surface area contributed by atoms with Crippen LogP contribution in [0.15, 0.2) is 36.5 Å². The summed E-state index contributed by atoms with van der Waals surface area (Å²) in [6, 6.07) is 5.86. The van der Waals surface area contributed by atoms with Crippen molar-refractivity contribution in [1.82, 2.24) is 4.98 Å². The number of hydrogen-bond donors (Lipinski definition) is 2. The van der Waals surface area contributed by atoms with Gasteiger partial charge in [-0.1, -0.05) is 0 Å². The fourth-order valence-corrected chi connectivity index (χ4v) is 2.27. The Kier molecular flexibility index (Phi) is 2.94. The second-order valence-corrected chi connectivity index (χ2v) is 4.51. The number of H-pyrrole nitrogens is 1. The van der Waals surface area contributed by atoms with Gasteiger partial charge >= 0.3 is 5.97 Å². The van der Waals surface area contributed by atoms with E-state index in [1.807, 2.05) is 0 Å². The zero-order chi connectivity index (χ0) is 15.1. The normalized spacial score (nSPS) is 11.0. The third-order valence-corrected chi connectivity index (χ3v) is 3.21. The van der Waals surface area contributed by atoms with Crippen LogP contribution in [0.1, 0.15) is 10.4 Å². The third-order valence-electron chi connectivity index (χ3n) is 3.21. The Labute approximate surface area is 116 Å². The van der Waals surface area contributed by atoms with Crippen LogP contribution in [0.4, 0.5) is 13.2 Å². The Morgan fingerprint density at radius 2 is 1.71 bits per heavy atom. The van der Waals surface area contributed by atoms with E-state index < -0.39 is 29.0 Å². The van der Waals surface area contributed by atoms with Gasteiger partial charge in [-0.2, -0.15) is 0 Å². The second kappa shape index (κ2) is 4.66. The lowest BCUT2D eigenvalue weighted by molar-refractivity contribution is 0.0686. The van der Waals surface area contributed by atoms with Gasteiger partial charge in [-0.15, -0.1) is 0 Å². The number of halogens is 3. The first-order valence-corrected chi connectivity index (χ1v) is 5.96. The van der Waals surface area contributed by atoms with Crippen molar-refractivity contribution >= 4 is 16.9 Å². The summed E-state index contributed by atoms with van der Waals surface area (Å²) in [5.74, 6) is -4.42. The molecule has 0 saturated carbocycles. The quantitative estimate of drug-likeness (QED) is 0.751. The van der Waals surface area contributed by atoms with Gasteiger partial charge in [0.25, 0.3) is 0 Å². The standard InChI is InChI=1S/C15H8F3NO2/c16-8-1-2-9-10(6-19-13(9)5-8)7-3-11(17)14(15(20)21)12(18)4-7/h1-6,19H,(H,20,21). The van der Waals surface area contributed by atoms with Crippen LogP contribution in [0.2, 0.25) is 0 Å². The molecule has 0 spiro atoms. The number of aromatic carboxylic acids is 1. The fourth-order valence-electron chi connectivity index (χ4n) is 2.27. The third kappa shape index (κ3) is 2.14. The van der Waals surface area contributed by atoms with Crippen LogP contribution in [0.3, 0.4) is 0 Å². The first kappa shape index (κ1) is 13.2. The summed E-state index contributed by atoms with van der Waals surface area (Å²) in [7, 11) is 0. The maximum Gasteiger partial charge on any atom is 0.341 e. The lowest BCUT2D eigenvalue weighted by Crippen LogP contribution is -2.04. The molecule has 21 heavy (non-hydrogen) atoms. The van der Waals surface area contributed by atoms with E-state index in [9.17, 15) is 18.0 Å². The molecule has 106 valence electrons. The molecule has 0 fully saturated rings. The van der Waals surface area contributed by atoms with E-state index >= 15 is 0 Å². The minimum atomic E-state index is -1.67. The van der Waals surface area contributed by atoms with Crippen LogP contribution in [-0.2, 0) is 0 Å². The molecule has 0 aliphatic rings. The summed E-state index contributed by atoms with van der Waals surface area (Å²) >= 11 is 0. The van der Waals surface area contributed by atoms with Crippen molar-refractivity contribution < 1.29 is 23.1 Å². The van der Waals surface area contributed by atoms with Gasteiger partial charge in [0.2, 0.25) is 0 Å². The number of carboxylic acids is 1. The molecule has 0 amide bonds. The van der Waals surface area contributed by atoms with Gasteiger partial charge in [0.15, 0.2) is 0 Å². The van der Waals surface area contributed by atoms with Gasteiger partial charge in [-0.25, -0.2) is 18.0 Å². The highest BCUT2D eigenvalue weighted by molar-refractivity contribution is 5.96. The van der Waals surface area contributed by atoms with E-state index in [0.717, 1.165) is 12.1 Å². The van der Waals surface area contributed by atoms with Gasteiger partial charge in [0.1, 0.15) is 23.0 Å². The van der Waals surface area contributed by atoms with Gasteiger partial charge in [0.05, 0.1) is 0 Å². The van der Waals surface area contributed by atoms with E-state index in [2.05, 4.69) is 4.98 Å². The number of carboxylic acid groups (broad SMARTS) is 1. The zero-order valence-electron chi connectivity index (χ0n) is 10.5. The number of carbonyl (C=O) groups is 1. The number of nitrogens with one attached hydrogen (secondary N) is 1. The van der Waals surface area contributed by atoms with Crippen molar-refractivity contribution in [3.63, 3.8) is 0 Å². The highest BCUT2D eigenvalue weighted by Gasteiger charge is 2.19. The number of aromatic nitrogens is 1. The number of fused-ring (bicyclic) bond motifs is 1. The summed E-state index contributed by atoms with van der Waals surface area (Å²) in [4.78, 5) is 13.6. The van der Waals surface area contributed by atoms with Gasteiger partial charge in [0, 0.05) is 22.7 Å². The number of hydrogen-bond acceptors (Lipinski definition) is 1. The van der Waals surface area contributed by atoms with Crippen LogP contribution in [0.5, 0.6) is 0 Å². The van der Waals surface area contributed by atoms with Crippen molar-refractivity contribution in [2.24, 2.45) is 0 Å². The molecule has 0 aliphatic heterocycles. The molecule has 0 aliphatic carbocycles. The van der Waals surface area contributed by atoms with Crippen LogP contribution < -0.4 is 0 Å². The minimum absolute atomic E-state index is 0.174. The van der Waals surface area contributed by atoms with E-state index in [-0.39, 0.29) is 5.56 Å². The fraction of sp³-hybridized carbons (Fsp3) is 0. The van der Waals surface area contributed by atoms with E-state index in [1.54, 1.807) is 0 Å². The number of benzene rings is 2. The molecule has 0 radical (unpaired) electrons. The maximum atomic E-state index is 13.7. The van der Waals surface area contributed by atoms with E-state index in [1.165, 1.54) is 24.4 Å². The molecule has 0 saturated heterocycles. The molecule has 3 aromatic rings. The molecular formula is C15H8F3NO2. The average Bonchev–Trinajstić information content (AvgIpc) is 2.80. The molecule has 0 atom stereocenters. The van der Waals surface area contributed by atoms with Gasteiger partial charge in [-0.05, 0) is 35.9 Å². The van der Waals surface area contributed by atoms with Crippen LogP contribution in [0.25, 0.3) is 22.0 Å². The predicted octanol–water partition coefficient (Wildman–Crippen LogP) is 3.95. The van der Waals surface area contributed by atoms with E-state index in [0.29, 0.717) is 16.5 Å². The zero-order valence-corrected chi connectivity index (χ0v) is 10.5. The monoisotopic (exact) mass is 291 g/mol. The molecule has 0 bridgehead atoms. The highest BCUT2D eigenvalue weighted by atomic mass is 19.1. The van der Waals surface area contributed by atoms with Crippen LogP contribution in [0, 0.1) is 17.5 Å². The predicted molar refractivity (Wildman–Crippen MR) is 70.6 cm³/mol. The smallest absolute Gasteiger partial charge is 0.341 e. The second-order valence-electron chi connectivity index (χ2n) is 4.51. The lowest BCUT2D eigenvalue weighted by Gasteiger charge is -2.04. The van der Waals surface area contributed by atoms with Crippen molar-refractivity contribution in [2.45, 2.75) is 0 Å². The summed E-state index contributed by atoms with van der Waals surface area (Å²) in [6.45, 7) is 0. The first-order chi connectivity index (χ1) is 9.97. The van der Waals surface area contributed by atoms with Crippen molar-refractivity contribution in [3.05, 3.63) is 59.5 Å². The molecule has 2 aromatic carbocycles. The molecule has 6 heteroatoms. The summed E-state index contributed by atoms with van der Waals surface area (Å²) in [6.07, 6.45) is 1.48. The molecule has 3 rings (SSSR count). The molecule has 3 nitrogen and oxygen atoms in total. The molecule has 1 aromatic heterocycles. The summed E-state index contributed by atoms with van der Waals surface area (Å²) in [5, 5.41) is 9.32. The molecule has 1 heterocycles. The Balaban J connectivity index is 2.22. The van der Waals surface area contributed by atoms with Crippen molar-refractivity contribution in [1.29, 1.82) is 0 Å². The first-order valence-electron chi connectivity index (χ1n) is 5.96. The van der Waals surface area contributed by atoms with Gasteiger partial charge in [-0.3, -0.25) is 0 Å². The minimum Gasteiger partial charge on any atom is -0.477 e. The maximum absolute atomic E-state index is 13.7. The number of rotatable bonds is 2. The Morgan fingerprint density at radius 3 is 2.33 bits per heavy atom. The largest absolute Gasteiger partial charge is 0.477 e. The van der Waals surface area contributed by atoms with Crippen LogP contribution in [-0.4, -0.2) is 16.1 Å². The van der Waals surface area contributed by atoms with E-state index in [4.69, 9.17) is 5.11 Å². The molecular weight excluding hydrogens is 283 g/mol. The Morgan fingerprint density at radius 1 is 1.05 bits per heavy atom. The lowest BCUT2D eigenvalue weighted by atomic mass is 10.0. The van der Waals surface area contributed by atoms with Crippen molar-refractivity contribution in [3.8, 4) is 11.1 Å². The van der Waals surface area contributed by atoms with Gasteiger partial charge < -0.3 is 10.1 Å². The van der Waals surface area contributed by atoms with Crippen molar-refractivity contribution in [2.75, 3.05) is 0 Å². The molecule has 2 N–H and O–H groups in total. The average molecular weight is 291 g/mol. The summed E-state index contributed by atoms with van der Waals surface area (Å²) < 4.78 is 40.6.